The Bertz CT molecular complexity index is 1130. The molecule has 2 unspecified atom stereocenters. The minimum absolute atomic E-state index is 0.00619. The summed E-state index contributed by atoms with van der Waals surface area (Å²) in [5.41, 5.74) is 11.2. The van der Waals surface area contributed by atoms with Crippen molar-refractivity contribution in [2.24, 2.45) is 11.5 Å². The van der Waals surface area contributed by atoms with Crippen LogP contribution in [-0.2, 0) is 23.7 Å². The smallest absolute Gasteiger partial charge is 0.251 e. The SMILES string of the molecule is CSS[C@@H](CN)O[C@@H]1C[C@H]([B]C#CCNC(=O)COCCOC(COc2cccc(C(=O)NCCN)c2)SSC(C)(C)C)OC1CO. The molecule has 0 bridgehead atoms. The highest BCUT2D eigenvalue weighted by Crippen LogP contribution is 2.38. The molecule has 2 rings (SSSR count). The van der Waals surface area contributed by atoms with E-state index >= 15 is 0 Å². The first-order valence-electron chi connectivity index (χ1n) is 15.2. The highest BCUT2D eigenvalue weighted by Gasteiger charge is 2.37. The third kappa shape index (κ3) is 18.3. The van der Waals surface area contributed by atoms with Gasteiger partial charge in [-0.05, 0) is 30.9 Å². The molecule has 263 valence electrons. The molecule has 1 fully saturated rings. The quantitative estimate of drug-likeness (QED) is 0.0384. The Kier molecular flexibility index (Phi) is 21.3. The summed E-state index contributed by atoms with van der Waals surface area (Å²) in [6.45, 7) is 8.07. The molecule has 2 amide bonds. The summed E-state index contributed by atoms with van der Waals surface area (Å²) in [4.78, 5) is 24.4. The van der Waals surface area contributed by atoms with E-state index in [2.05, 4.69) is 43.1 Å². The van der Waals surface area contributed by atoms with Crippen molar-refractivity contribution >= 4 is 62.3 Å². The normalized spacial score (nSPS) is 18.9. The second-order valence-electron chi connectivity index (χ2n) is 11.0. The molecule has 47 heavy (non-hydrogen) atoms. The number of aliphatic hydroxyl groups is 1. The van der Waals surface area contributed by atoms with E-state index in [-0.39, 0.29) is 79.1 Å². The predicted octanol–water partition coefficient (Wildman–Crippen LogP) is 1.86. The van der Waals surface area contributed by atoms with Crippen molar-refractivity contribution in [3.8, 4) is 17.5 Å². The van der Waals surface area contributed by atoms with Gasteiger partial charge in [0.05, 0.1) is 32.5 Å². The minimum atomic E-state index is -0.438. The van der Waals surface area contributed by atoms with Crippen LogP contribution in [0.5, 0.6) is 5.75 Å². The van der Waals surface area contributed by atoms with Crippen LogP contribution in [0.3, 0.4) is 0 Å². The predicted molar refractivity (Wildman–Crippen MR) is 195 cm³/mol. The summed E-state index contributed by atoms with van der Waals surface area (Å²) in [5.74, 6) is 5.83. The van der Waals surface area contributed by atoms with Crippen molar-refractivity contribution in [1.82, 2.24) is 10.6 Å². The van der Waals surface area contributed by atoms with E-state index in [1.807, 2.05) is 6.26 Å². The third-order valence-corrected chi connectivity index (χ3v) is 11.4. The van der Waals surface area contributed by atoms with Crippen LogP contribution in [-0.4, -0.2) is 123 Å². The van der Waals surface area contributed by atoms with Crippen LogP contribution in [0.2, 0.25) is 0 Å². The first kappa shape index (κ1) is 41.9. The van der Waals surface area contributed by atoms with Crippen molar-refractivity contribution in [2.45, 2.75) is 61.0 Å². The molecule has 0 aromatic heterocycles. The number of hydrogen-bond donors (Lipinski definition) is 5. The van der Waals surface area contributed by atoms with E-state index in [0.717, 1.165) is 0 Å². The Morgan fingerprint density at radius 3 is 2.70 bits per heavy atom. The number of ether oxygens (including phenoxy) is 5. The zero-order chi connectivity index (χ0) is 34.5. The summed E-state index contributed by atoms with van der Waals surface area (Å²) < 4.78 is 29.3. The molecule has 1 aliphatic heterocycles. The van der Waals surface area contributed by atoms with Gasteiger partial charge < -0.3 is 50.9 Å². The fourth-order valence-corrected chi connectivity index (χ4v) is 7.55. The maximum absolute atomic E-state index is 12.3. The highest BCUT2D eigenvalue weighted by molar-refractivity contribution is 8.77. The van der Waals surface area contributed by atoms with E-state index in [1.54, 1.807) is 63.9 Å². The summed E-state index contributed by atoms with van der Waals surface area (Å²) >= 11 is 0. The zero-order valence-electron chi connectivity index (χ0n) is 27.4. The maximum Gasteiger partial charge on any atom is 0.251 e. The monoisotopic (exact) mass is 731 g/mol. The van der Waals surface area contributed by atoms with Crippen LogP contribution >= 0.6 is 43.2 Å². The number of aliphatic hydroxyl groups excluding tert-OH is 1. The van der Waals surface area contributed by atoms with E-state index < -0.39 is 6.10 Å². The molecule has 17 heteroatoms. The van der Waals surface area contributed by atoms with Crippen LogP contribution in [0.1, 0.15) is 37.6 Å². The van der Waals surface area contributed by atoms with Crippen LogP contribution in [0.4, 0.5) is 0 Å². The molecular formula is C30H48BN4O8S4. The number of nitrogens with one attached hydrogen (secondary N) is 2. The van der Waals surface area contributed by atoms with Gasteiger partial charge in [0.25, 0.3) is 13.2 Å². The second-order valence-corrected chi connectivity index (χ2v) is 16.8. The highest BCUT2D eigenvalue weighted by atomic mass is 33.1. The topological polar surface area (TPSA) is 177 Å². The summed E-state index contributed by atoms with van der Waals surface area (Å²) in [5, 5.41) is 15.1. The van der Waals surface area contributed by atoms with Gasteiger partial charge in [0.2, 0.25) is 5.91 Å². The van der Waals surface area contributed by atoms with Gasteiger partial charge in [0, 0.05) is 35.9 Å². The molecule has 0 spiro atoms. The van der Waals surface area contributed by atoms with E-state index in [1.165, 1.54) is 10.8 Å². The fourth-order valence-electron chi connectivity index (χ4n) is 3.86. The first-order chi connectivity index (χ1) is 22.6. The molecule has 1 radical (unpaired) electrons. The number of hydrogen-bond acceptors (Lipinski definition) is 14. The molecule has 5 atom stereocenters. The van der Waals surface area contributed by atoms with Crippen molar-refractivity contribution in [1.29, 1.82) is 0 Å². The third-order valence-electron chi connectivity index (χ3n) is 5.96. The lowest BCUT2D eigenvalue weighted by Crippen LogP contribution is -2.33. The number of amides is 2. The average molecular weight is 732 g/mol. The number of carbonyl (C=O) groups excluding carboxylic acids is 2. The van der Waals surface area contributed by atoms with E-state index in [0.29, 0.717) is 37.4 Å². The van der Waals surface area contributed by atoms with Crippen molar-refractivity contribution in [3.05, 3.63) is 29.8 Å². The minimum Gasteiger partial charge on any atom is -0.490 e. The molecule has 1 aromatic carbocycles. The van der Waals surface area contributed by atoms with Gasteiger partial charge in [-0.1, -0.05) is 75.9 Å². The maximum atomic E-state index is 12.3. The molecule has 1 heterocycles. The molecule has 7 N–H and O–H groups in total. The lowest BCUT2D eigenvalue weighted by molar-refractivity contribution is -0.126. The van der Waals surface area contributed by atoms with Crippen LogP contribution in [0.25, 0.3) is 0 Å². The van der Waals surface area contributed by atoms with Crippen LogP contribution in [0.15, 0.2) is 24.3 Å². The van der Waals surface area contributed by atoms with Gasteiger partial charge in [-0.25, -0.2) is 0 Å². The van der Waals surface area contributed by atoms with Crippen molar-refractivity contribution < 1.29 is 38.4 Å². The van der Waals surface area contributed by atoms with Crippen LogP contribution in [0, 0.1) is 11.7 Å². The second kappa shape index (κ2) is 24.0. The largest absolute Gasteiger partial charge is 0.490 e. The van der Waals surface area contributed by atoms with Gasteiger partial charge in [-0.2, -0.15) is 5.82 Å². The Morgan fingerprint density at radius 2 is 2.00 bits per heavy atom. The summed E-state index contributed by atoms with van der Waals surface area (Å²) in [7, 11) is 8.04. The first-order valence-corrected chi connectivity index (χ1v) is 20.1. The van der Waals surface area contributed by atoms with Gasteiger partial charge >= 0.3 is 0 Å². The Labute approximate surface area is 295 Å². The standard InChI is InChI=1S/C30H48BN4O8S4/c1-30(2,3)47-46-28(20-41-22-8-5-7-21(15-22)29(38)35-12-10-32)40-14-13-39-19-26(37)34-11-6-9-31-25-16-23(24(18-36)42-25)43-27(17-33)45-44-4/h5,7-8,15,23-25,27-28,36H,10-14,16-20,32-33H2,1-4H3,(H,34,37)(H,35,38)/t23-,24?,25-,27+,28?/m1/s1. The van der Waals surface area contributed by atoms with Crippen LogP contribution < -0.4 is 26.8 Å². The van der Waals surface area contributed by atoms with Crippen molar-refractivity contribution in [2.75, 3.05) is 65.5 Å². The molecule has 1 aromatic rings. The van der Waals surface area contributed by atoms with Gasteiger partial charge in [0.1, 0.15) is 35.9 Å². The van der Waals surface area contributed by atoms with Gasteiger partial charge in [-0.3, -0.25) is 9.59 Å². The van der Waals surface area contributed by atoms with Gasteiger partial charge in [-0.15, -0.1) is 0 Å². The molecule has 12 nitrogen and oxygen atoms in total. The molecular weight excluding hydrogens is 683 g/mol. The number of rotatable bonds is 22. The Morgan fingerprint density at radius 1 is 1.19 bits per heavy atom. The van der Waals surface area contributed by atoms with Crippen molar-refractivity contribution in [3.63, 3.8) is 0 Å². The van der Waals surface area contributed by atoms with Gasteiger partial charge in [0.15, 0.2) is 0 Å². The molecule has 0 aliphatic carbocycles. The Hall–Kier alpha value is -1.30. The summed E-state index contributed by atoms with van der Waals surface area (Å²) in [6, 6.07) is 6.66. The van der Waals surface area contributed by atoms with E-state index in [4.69, 9.17) is 35.2 Å². The number of benzene rings is 1. The average Bonchev–Trinajstić information content (AvgIpc) is 3.44. The molecule has 1 saturated heterocycles. The van der Waals surface area contributed by atoms with E-state index in [9.17, 15) is 14.7 Å². The molecule has 1 aliphatic rings. The lowest BCUT2D eigenvalue weighted by Gasteiger charge is -2.22. The number of carbonyl (C=O) groups is 2. The fraction of sp³-hybridized carbons (Fsp3) is 0.667. The molecule has 0 saturated carbocycles. The summed E-state index contributed by atoms with van der Waals surface area (Å²) in [6.07, 6.45) is 1.81. The zero-order valence-corrected chi connectivity index (χ0v) is 30.7. The lowest BCUT2D eigenvalue weighted by atomic mass is 9.71. The Balaban J connectivity index is 1.69. The number of nitrogens with two attached hydrogens (primary N) is 2.